The molecule has 2 aromatic rings. The van der Waals surface area contributed by atoms with Gasteiger partial charge in [0.2, 0.25) is 12.0 Å². The molecule has 27 heavy (non-hydrogen) atoms. The molecule has 1 atom stereocenters. The largest absolute Gasteiger partial charge is 0.444 e. The predicted molar refractivity (Wildman–Crippen MR) is 97.9 cm³/mol. The van der Waals surface area contributed by atoms with Crippen molar-refractivity contribution >= 4 is 29.5 Å². The molecular weight excluding hydrogens is 350 g/mol. The number of urea groups is 1. The lowest BCUT2D eigenvalue weighted by Gasteiger charge is -2.17. The molecule has 0 bridgehead atoms. The summed E-state index contributed by atoms with van der Waals surface area (Å²) >= 11 is 0. The van der Waals surface area contributed by atoms with Gasteiger partial charge in [-0.2, -0.15) is 0 Å². The second-order valence-corrected chi connectivity index (χ2v) is 5.52. The molecule has 8 nitrogen and oxygen atoms in total. The van der Waals surface area contributed by atoms with Crippen LogP contribution in [0.3, 0.4) is 0 Å². The zero-order chi connectivity index (χ0) is 19.8. The first-order valence-electron chi connectivity index (χ1n) is 8.07. The van der Waals surface area contributed by atoms with Crippen molar-refractivity contribution in [1.29, 1.82) is 0 Å². The molecule has 0 spiro atoms. The number of esters is 1. The second kappa shape index (κ2) is 9.14. The smallest absolute Gasteiger partial charge is 0.339 e. The Kier molecular flexibility index (Phi) is 6.65. The van der Waals surface area contributed by atoms with Crippen LogP contribution < -0.4 is 16.0 Å². The third-order valence-electron chi connectivity index (χ3n) is 3.47. The first kappa shape index (κ1) is 19.6. The molecule has 2 aromatic carbocycles. The molecule has 140 valence electrons. The minimum Gasteiger partial charge on any atom is -0.444 e. The van der Waals surface area contributed by atoms with Crippen LogP contribution in [0.1, 0.15) is 28.9 Å². The second-order valence-electron chi connectivity index (χ2n) is 5.52. The van der Waals surface area contributed by atoms with E-state index in [2.05, 4.69) is 16.0 Å². The number of rotatable bonds is 5. The van der Waals surface area contributed by atoms with E-state index in [-0.39, 0.29) is 11.5 Å². The van der Waals surface area contributed by atoms with Crippen LogP contribution in [0, 0.1) is 0 Å². The van der Waals surface area contributed by atoms with E-state index < -0.39 is 24.0 Å². The van der Waals surface area contributed by atoms with Crippen LogP contribution in [0.5, 0.6) is 0 Å². The van der Waals surface area contributed by atoms with Crippen molar-refractivity contribution < 1.29 is 23.9 Å². The number of imide groups is 1. The lowest BCUT2D eigenvalue weighted by Crippen LogP contribution is -2.41. The summed E-state index contributed by atoms with van der Waals surface area (Å²) in [5, 5.41) is 6.95. The van der Waals surface area contributed by atoms with E-state index in [4.69, 9.17) is 4.74 Å². The van der Waals surface area contributed by atoms with Gasteiger partial charge in [0.05, 0.1) is 5.56 Å². The molecule has 0 heterocycles. The number of benzene rings is 2. The molecule has 0 aromatic heterocycles. The summed E-state index contributed by atoms with van der Waals surface area (Å²) in [7, 11) is 1.36. The molecule has 0 radical (unpaired) electrons. The van der Waals surface area contributed by atoms with Gasteiger partial charge in [-0.25, -0.2) is 9.59 Å². The number of anilines is 1. The fourth-order valence-electron chi connectivity index (χ4n) is 2.21. The fourth-order valence-corrected chi connectivity index (χ4v) is 2.21. The summed E-state index contributed by atoms with van der Waals surface area (Å²) in [5.74, 6) is -1.76. The van der Waals surface area contributed by atoms with E-state index >= 15 is 0 Å². The summed E-state index contributed by atoms with van der Waals surface area (Å²) in [6.07, 6.45) is -1.30. The van der Waals surface area contributed by atoms with Gasteiger partial charge in [-0.05, 0) is 24.3 Å². The Bertz CT molecular complexity index is 834. The Balaban J connectivity index is 2.18. The van der Waals surface area contributed by atoms with Crippen LogP contribution in [0.15, 0.2) is 54.6 Å². The molecule has 0 aliphatic rings. The Labute approximate surface area is 155 Å². The summed E-state index contributed by atoms with van der Waals surface area (Å²) in [5.41, 5.74) is 1.14. The monoisotopic (exact) mass is 369 g/mol. The van der Waals surface area contributed by atoms with E-state index in [0.29, 0.717) is 11.3 Å². The van der Waals surface area contributed by atoms with E-state index in [0.717, 1.165) is 0 Å². The zero-order valence-corrected chi connectivity index (χ0v) is 14.8. The minimum atomic E-state index is -1.30. The standard InChI is InChI=1S/C19H19N3O5/c1-12(23)21-15-10-8-14(9-11-15)18(25)27-16(13-6-4-3-5-7-13)17(24)22-19(26)20-2/h3-11,16H,1-2H3,(H,21,23)(H2,20,22,24,26)/t16-/m1/s1. The number of nitrogens with one attached hydrogen (secondary N) is 3. The van der Waals surface area contributed by atoms with E-state index in [1.165, 1.54) is 26.1 Å². The quantitative estimate of drug-likeness (QED) is 0.698. The van der Waals surface area contributed by atoms with Crippen LogP contribution in [0.2, 0.25) is 0 Å². The van der Waals surface area contributed by atoms with Crippen molar-refractivity contribution in [3.63, 3.8) is 0 Å². The number of ether oxygens (including phenoxy) is 1. The van der Waals surface area contributed by atoms with Crippen LogP contribution in [-0.2, 0) is 14.3 Å². The van der Waals surface area contributed by atoms with Crippen LogP contribution >= 0.6 is 0 Å². The van der Waals surface area contributed by atoms with Gasteiger partial charge in [0.1, 0.15) is 0 Å². The van der Waals surface area contributed by atoms with Gasteiger partial charge in [-0.3, -0.25) is 14.9 Å². The maximum atomic E-state index is 12.4. The SMILES string of the molecule is CNC(=O)NC(=O)[C@H](OC(=O)c1ccc(NC(C)=O)cc1)c1ccccc1. The van der Waals surface area contributed by atoms with Gasteiger partial charge in [-0.15, -0.1) is 0 Å². The van der Waals surface area contributed by atoms with Gasteiger partial charge in [-0.1, -0.05) is 30.3 Å². The van der Waals surface area contributed by atoms with Crippen LogP contribution in [-0.4, -0.2) is 30.9 Å². The molecule has 4 amide bonds. The van der Waals surface area contributed by atoms with E-state index in [9.17, 15) is 19.2 Å². The normalized spacial score (nSPS) is 11.0. The molecule has 8 heteroatoms. The van der Waals surface area contributed by atoms with Crippen molar-refractivity contribution in [3.8, 4) is 0 Å². The fraction of sp³-hybridized carbons (Fsp3) is 0.158. The maximum absolute atomic E-state index is 12.4. The molecule has 2 rings (SSSR count). The van der Waals surface area contributed by atoms with Crippen molar-refractivity contribution in [1.82, 2.24) is 10.6 Å². The number of carbonyl (C=O) groups is 4. The van der Waals surface area contributed by atoms with Crippen LogP contribution in [0.25, 0.3) is 0 Å². The zero-order valence-electron chi connectivity index (χ0n) is 14.8. The Morgan fingerprint density at radius 3 is 2.11 bits per heavy atom. The average Bonchev–Trinajstić information content (AvgIpc) is 2.66. The lowest BCUT2D eigenvalue weighted by molar-refractivity contribution is -0.129. The first-order chi connectivity index (χ1) is 12.9. The first-order valence-corrected chi connectivity index (χ1v) is 8.07. The van der Waals surface area contributed by atoms with Gasteiger partial charge in [0, 0.05) is 25.2 Å². The van der Waals surface area contributed by atoms with Gasteiger partial charge in [0.15, 0.2) is 0 Å². The van der Waals surface area contributed by atoms with E-state index in [1.54, 1.807) is 42.5 Å². The maximum Gasteiger partial charge on any atom is 0.339 e. The van der Waals surface area contributed by atoms with Crippen LogP contribution in [0.4, 0.5) is 10.5 Å². The predicted octanol–water partition coefficient (Wildman–Crippen LogP) is 2.00. The molecule has 3 N–H and O–H groups in total. The van der Waals surface area contributed by atoms with Crippen molar-refractivity contribution in [3.05, 3.63) is 65.7 Å². The highest BCUT2D eigenvalue weighted by Crippen LogP contribution is 2.20. The summed E-state index contributed by atoms with van der Waals surface area (Å²) in [6.45, 7) is 1.37. The molecular formula is C19H19N3O5. The molecule has 0 aliphatic carbocycles. The Morgan fingerprint density at radius 2 is 1.56 bits per heavy atom. The lowest BCUT2D eigenvalue weighted by atomic mass is 10.1. The third kappa shape index (κ3) is 5.67. The number of amides is 4. The average molecular weight is 369 g/mol. The topological polar surface area (TPSA) is 114 Å². The van der Waals surface area contributed by atoms with Crippen molar-refractivity contribution in [2.45, 2.75) is 13.0 Å². The molecule has 0 saturated carbocycles. The van der Waals surface area contributed by atoms with Crippen molar-refractivity contribution in [2.75, 3.05) is 12.4 Å². The summed E-state index contributed by atoms with van der Waals surface area (Å²) in [6, 6.07) is 13.6. The highest BCUT2D eigenvalue weighted by atomic mass is 16.5. The summed E-state index contributed by atoms with van der Waals surface area (Å²) in [4.78, 5) is 47.3. The highest BCUT2D eigenvalue weighted by Gasteiger charge is 2.26. The molecule has 0 unspecified atom stereocenters. The summed E-state index contributed by atoms with van der Waals surface area (Å²) < 4.78 is 5.33. The van der Waals surface area contributed by atoms with Crippen molar-refractivity contribution in [2.24, 2.45) is 0 Å². The highest BCUT2D eigenvalue weighted by molar-refractivity contribution is 5.99. The Morgan fingerprint density at radius 1 is 0.926 bits per heavy atom. The molecule has 0 aliphatic heterocycles. The van der Waals surface area contributed by atoms with Gasteiger partial charge in [0.25, 0.3) is 5.91 Å². The third-order valence-corrected chi connectivity index (χ3v) is 3.47. The number of carbonyl (C=O) groups excluding carboxylic acids is 4. The minimum absolute atomic E-state index is 0.192. The number of hydrogen-bond donors (Lipinski definition) is 3. The van der Waals surface area contributed by atoms with Gasteiger partial charge >= 0.3 is 12.0 Å². The molecule has 0 saturated heterocycles. The van der Waals surface area contributed by atoms with E-state index in [1.807, 2.05) is 0 Å². The Hall–Kier alpha value is -3.68. The number of hydrogen-bond acceptors (Lipinski definition) is 5. The molecule has 0 fully saturated rings. The van der Waals surface area contributed by atoms with Gasteiger partial charge < -0.3 is 15.4 Å².